The van der Waals surface area contributed by atoms with Crippen LogP contribution < -0.4 is 14.3 Å². The molecule has 2 aromatic carbocycles. The molecule has 40 heavy (non-hydrogen) atoms. The number of nitrogens with zero attached hydrogens (tertiary/aromatic N) is 3. The van der Waals surface area contributed by atoms with Gasteiger partial charge in [-0.15, -0.1) is 0 Å². The number of sulfonamides is 1. The molecule has 11 nitrogen and oxygen atoms in total. The minimum absolute atomic E-state index is 0.0980. The first-order valence-corrected chi connectivity index (χ1v) is 15.3. The van der Waals surface area contributed by atoms with Gasteiger partial charge in [-0.05, 0) is 45.0 Å². The van der Waals surface area contributed by atoms with Crippen molar-refractivity contribution < 1.29 is 37.0 Å². The molecule has 0 bridgehead atoms. The van der Waals surface area contributed by atoms with Crippen LogP contribution in [-0.4, -0.2) is 74.3 Å². The minimum atomic E-state index is -3.74. The first-order valence-electron chi connectivity index (χ1n) is 13.1. The van der Waals surface area contributed by atoms with E-state index in [1.54, 1.807) is 11.5 Å². The summed E-state index contributed by atoms with van der Waals surface area (Å²) in [6, 6.07) is 9.43. The van der Waals surface area contributed by atoms with Crippen molar-refractivity contribution in [1.29, 1.82) is 0 Å². The Morgan fingerprint density at radius 3 is 2.35 bits per heavy atom. The highest BCUT2D eigenvalue weighted by Gasteiger charge is 2.32. The third-order valence-corrected chi connectivity index (χ3v) is 9.40. The number of rotatable bonds is 7. The van der Waals surface area contributed by atoms with Crippen LogP contribution in [0.3, 0.4) is 0 Å². The largest absolute Gasteiger partial charge is 0.486 e. The summed E-state index contributed by atoms with van der Waals surface area (Å²) in [5.41, 5.74) is 0.989. The Labute approximate surface area is 236 Å². The van der Waals surface area contributed by atoms with E-state index in [0.29, 0.717) is 29.5 Å². The summed E-state index contributed by atoms with van der Waals surface area (Å²) in [6.07, 6.45) is -0.321. The topological polar surface area (TPSA) is 126 Å². The number of hydrogen-bond donors (Lipinski definition) is 0. The smallest absolute Gasteiger partial charge is 0.307 e. The standard InChI is InChI=1S/C27H31N3O8S2/c1-4-35-25(31)9-10-30-21-13-22-23(37-12-11-36-22)14-24(21)39-27(30)28-26(32)19-5-7-20(8-6-19)40(33,34)29-15-17(2)38-18(3)16-29/h5-8,13-14,17-18H,4,9-12,15-16H2,1-3H3. The van der Waals surface area contributed by atoms with Crippen molar-refractivity contribution in [2.45, 2.75) is 50.8 Å². The molecular weight excluding hydrogens is 558 g/mol. The highest BCUT2D eigenvalue weighted by molar-refractivity contribution is 7.89. The van der Waals surface area contributed by atoms with Crippen LogP contribution in [0.1, 0.15) is 37.6 Å². The van der Waals surface area contributed by atoms with E-state index in [2.05, 4.69) is 4.99 Å². The number of carbonyl (C=O) groups is 2. The first kappa shape index (κ1) is 28.3. The lowest BCUT2D eigenvalue weighted by atomic mass is 10.2. The van der Waals surface area contributed by atoms with Crippen LogP contribution in [0.2, 0.25) is 0 Å². The summed E-state index contributed by atoms with van der Waals surface area (Å²) < 4.78 is 52.5. The second-order valence-electron chi connectivity index (χ2n) is 9.58. The lowest BCUT2D eigenvalue weighted by Crippen LogP contribution is -2.48. The van der Waals surface area contributed by atoms with Crippen LogP contribution in [0.25, 0.3) is 10.2 Å². The molecule has 1 saturated heterocycles. The van der Waals surface area contributed by atoms with E-state index >= 15 is 0 Å². The second kappa shape index (κ2) is 11.7. The van der Waals surface area contributed by atoms with Crippen LogP contribution in [0.5, 0.6) is 11.5 Å². The second-order valence-corrected chi connectivity index (χ2v) is 12.5. The zero-order chi connectivity index (χ0) is 28.4. The number of aryl methyl sites for hydroxylation is 1. The molecule has 3 heterocycles. The number of ether oxygens (including phenoxy) is 4. The molecule has 0 aliphatic carbocycles. The molecule has 0 radical (unpaired) electrons. The monoisotopic (exact) mass is 589 g/mol. The van der Waals surface area contributed by atoms with Crippen molar-refractivity contribution in [2.75, 3.05) is 32.9 Å². The van der Waals surface area contributed by atoms with E-state index in [1.165, 1.54) is 39.9 Å². The van der Waals surface area contributed by atoms with Gasteiger partial charge in [-0.1, -0.05) is 11.3 Å². The van der Waals surface area contributed by atoms with E-state index in [9.17, 15) is 18.0 Å². The summed E-state index contributed by atoms with van der Waals surface area (Å²) >= 11 is 1.28. The fraction of sp³-hybridized carbons (Fsp3) is 0.444. The van der Waals surface area contributed by atoms with E-state index in [1.807, 2.05) is 26.0 Å². The summed E-state index contributed by atoms with van der Waals surface area (Å²) in [6.45, 7) is 7.34. The average Bonchev–Trinajstić information content (AvgIpc) is 3.25. The lowest BCUT2D eigenvalue weighted by molar-refractivity contribution is -0.143. The number of benzene rings is 2. The third kappa shape index (κ3) is 5.92. The van der Waals surface area contributed by atoms with Crippen molar-refractivity contribution >= 4 is 43.5 Å². The molecule has 0 saturated carbocycles. The van der Waals surface area contributed by atoms with Gasteiger partial charge in [0.2, 0.25) is 10.0 Å². The summed E-state index contributed by atoms with van der Waals surface area (Å²) in [4.78, 5) is 30.1. The molecule has 2 unspecified atom stereocenters. The third-order valence-electron chi connectivity index (χ3n) is 6.51. The number of fused-ring (bicyclic) bond motifs is 2. The quantitative estimate of drug-likeness (QED) is 0.385. The highest BCUT2D eigenvalue weighted by atomic mass is 32.2. The fourth-order valence-corrected chi connectivity index (χ4v) is 7.40. The zero-order valence-corrected chi connectivity index (χ0v) is 24.1. The number of carbonyl (C=O) groups excluding carboxylic acids is 2. The Morgan fingerprint density at radius 2 is 1.70 bits per heavy atom. The Bertz CT molecular complexity index is 1580. The normalized spacial score (nSPS) is 20.0. The van der Waals surface area contributed by atoms with Crippen LogP contribution >= 0.6 is 11.3 Å². The number of amides is 1. The van der Waals surface area contributed by atoms with Gasteiger partial charge in [0.25, 0.3) is 5.91 Å². The highest BCUT2D eigenvalue weighted by Crippen LogP contribution is 2.35. The Morgan fingerprint density at radius 1 is 1.05 bits per heavy atom. The molecule has 0 N–H and O–H groups in total. The predicted octanol–water partition coefficient (Wildman–Crippen LogP) is 2.97. The van der Waals surface area contributed by atoms with Crippen molar-refractivity contribution in [2.24, 2.45) is 4.99 Å². The maximum absolute atomic E-state index is 13.2. The summed E-state index contributed by atoms with van der Waals surface area (Å²) in [5.74, 6) is 0.299. The van der Waals surface area contributed by atoms with E-state index in [4.69, 9.17) is 18.9 Å². The zero-order valence-electron chi connectivity index (χ0n) is 22.5. The van der Waals surface area contributed by atoms with Crippen molar-refractivity contribution in [3.63, 3.8) is 0 Å². The molecular formula is C27H31N3O8S2. The molecule has 3 aromatic rings. The van der Waals surface area contributed by atoms with Crippen molar-refractivity contribution in [3.05, 3.63) is 46.8 Å². The molecule has 2 aliphatic heterocycles. The fourth-order valence-electron chi connectivity index (χ4n) is 4.74. The SMILES string of the molecule is CCOC(=O)CCn1c(=NC(=O)c2ccc(S(=O)(=O)N3CC(C)OC(C)C3)cc2)sc2cc3c(cc21)OCCO3. The minimum Gasteiger partial charge on any atom is -0.486 e. The maximum atomic E-state index is 13.2. The van der Waals surface area contributed by atoms with Gasteiger partial charge in [-0.3, -0.25) is 9.59 Å². The number of hydrogen-bond acceptors (Lipinski definition) is 9. The van der Waals surface area contributed by atoms with Gasteiger partial charge in [0, 0.05) is 37.3 Å². The Kier molecular flexibility index (Phi) is 8.26. The van der Waals surface area contributed by atoms with E-state index in [-0.39, 0.29) is 61.3 Å². The number of esters is 1. The molecule has 1 amide bonds. The molecule has 2 atom stereocenters. The van der Waals surface area contributed by atoms with Crippen LogP contribution in [0.15, 0.2) is 46.3 Å². The van der Waals surface area contributed by atoms with Gasteiger partial charge in [0.05, 0.1) is 40.3 Å². The van der Waals surface area contributed by atoms with Crippen molar-refractivity contribution in [1.82, 2.24) is 8.87 Å². The maximum Gasteiger partial charge on any atom is 0.307 e. The first-order chi connectivity index (χ1) is 19.2. The molecule has 1 fully saturated rings. The molecule has 1 aromatic heterocycles. The van der Waals surface area contributed by atoms with Gasteiger partial charge >= 0.3 is 5.97 Å². The molecule has 214 valence electrons. The number of thiazole rings is 1. The molecule has 5 rings (SSSR count). The van der Waals surface area contributed by atoms with Crippen molar-refractivity contribution in [3.8, 4) is 11.5 Å². The van der Waals surface area contributed by atoms with Gasteiger partial charge in [0.1, 0.15) is 13.2 Å². The molecule has 0 spiro atoms. The predicted molar refractivity (Wildman–Crippen MR) is 147 cm³/mol. The van der Waals surface area contributed by atoms with Crippen LogP contribution in [0, 0.1) is 0 Å². The van der Waals surface area contributed by atoms with Gasteiger partial charge in [0.15, 0.2) is 16.3 Å². The summed E-state index contributed by atoms with van der Waals surface area (Å²) in [5, 5.41) is 0. The summed E-state index contributed by atoms with van der Waals surface area (Å²) in [7, 11) is -3.74. The van der Waals surface area contributed by atoms with Crippen LogP contribution in [-0.2, 0) is 30.8 Å². The molecule has 13 heteroatoms. The van der Waals surface area contributed by atoms with Gasteiger partial charge < -0.3 is 23.5 Å². The lowest BCUT2D eigenvalue weighted by Gasteiger charge is -2.34. The number of morpholine rings is 1. The number of aromatic nitrogens is 1. The molecule has 2 aliphatic rings. The van der Waals surface area contributed by atoms with Crippen LogP contribution in [0.4, 0.5) is 0 Å². The Balaban J connectivity index is 1.45. The van der Waals surface area contributed by atoms with E-state index < -0.39 is 15.9 Å². The van der Waals surface area contributed by atoms with Gasteiger partial charge in [-0.2, -0.15) is 9.30 Å². The van der Waals surface area contributed by atoms with Gasteiger partial charge in [-0.25, -0.2) is 8.42 Å². The average molecular weight is 590 g/mol. The Hall–Kier alpha value is -3.26. The van der Waals surface area contributed by atoms with E-state index in [0.717, 1.165) is 10.2 Å².